The molecule has 0 bridgehead atoms. The van der Waals surface area contributed by atoms with Gasteiger partial charge in [0.1, 0.15) is 12.3 Å². The summed E-state index contributed by atoms with van der Waals surface area (Å²) in [5.41, 5.74) is -1.02. The van der Waals surface area contributed by atoms with Gasteiger partial charge in [-0.1, -0.05) is 18.2 Å². The predicted molar refractivity (Wildman–Crippen MR) is 115 cm³/mol. The first kappa shape index (κ1) is 24.5. The monoisotopic (exact) mass is 491 g/mol. The van der Waals surface area contributed by atoms with Gasteiger partial charge in [0.2, 0.25) is 10.0 Å². The summed E-state index contributed by atoms with van der Waals surface area (Å²) in [5.74, 6) is -0.529. The molecule has 1 aromatic carbocycles. The second kappa shape index (κ2) is 9.77. The minimum absolute atomic E-state index is 0.0845. The third-order valence-electron chi connectivity index (χ3n) is 5.41. The van der Waals surface area contributed by atoms with E-state index in [1.807, 2.05) is 0 Å². The number of hydrogen-bond donors (Lipinski definition) is 3. The molecule has 2 heterocycles. The van der Waals surface area contributed by atoms with Crippen molar-refractivity contribution in [2.45, 2.75) is 29.8 Å². The van der Waals surface area contributed by atoms with Crippen molar-refractivity contribution < 1.29 is 31.1 Å². The van der Waals surface area contributed by atoms with Crippen LogP contribution < -0.4 is 20.1 Å². The van der Waals surface area contributed by atoms with Gasteiger partial charge in [0.05, 0.1) is 12.7 Å². The Morgan fingerprint density at radius 3 is 2.50 bits per heavy atom. The Hall–Kier alpha value is -2.15. The summed E-state index contributed by atoms with van der Waals surface area (Å²) in [6.45, 7) is -0.823. The molecule has 1 atom stereocenters. The second-order valence-electron chi connectivity index (χ2n) is 7.42. The van der Waals surface area contributed by atoms with E-state index in [-0.39, 0.29) is 11.3 Å². The molecule has 3 rings (SSSR count). The van der Waals surface area contributed by atoms with E-state index in [1.165, 1.54) is 24.5 Å². The average molecular weight is 492 g/mol. The number of rotatable bonds is 8. The minimum Gasteiger partial charge on any atom is -0.496 e. The average Bonchev–Trinajstić information content (AvgIpc) is 3.31. The van der Waals surface area contributed by atoms with Crippen molar-refractivity contribution in [3.63, 3.8) is 0 Å². The summed E-state index contributed by atoms with van der Waals surface area (Å²) in [4.78, 5) is 13.8. The summed E-state index contributed by atoms with van der Waals surface area (Å²) in [6.07, 6.45) is -4.11. The molecule has 0 spiro atoms. The number of sulfonamides is 1. The van der Waals surface area contributed by atoms with Crippen LogP contribution in [0.2, 0.25) is 0 Å². The highest BCUT2D eigenvalue weighted by Crippen LogP contribution is 2.41. The first-order valence-corrected chi connectivity index (χ1v) is 12.3. The summed E-state index contributed by atoms with van der Waals surface area (Å²) in [7, 11) is -3.26. The van der Waals surface area contributed by atoms with Crippen LogP contribution in [-0.2, 0) is 15.4 Å². The number of carbonyl (C=O) groups excluding carboxylic acids is 1. The highest BCUT2D eigenvalue weighted by Gasteiger charge is 2.50. The van der Waals surface area contributed by atoms with E-state index in [0.717, 1.165) is 0 Å². The van der Waals surface area contributed by atoms with Crippen molar-refractivity contribution in [2.24, 2.45) is 0 Å². The summed E-state index contributed by atoms with van der Waals surface area (Å²) in [5, 5.41) is 5.81. The van der Waals surface area contributed by atoms with Gasteiger partial charge in [-0.3, -0.25) is 4.79 Å². The molecule has 1 aliphatic heterocycles. The van der Waals surface area contributed by atoms with Crippen molar-refractivity contribution in [1.82, 2.24) is 15.4 Å². The topological polar surface area (TPSA) is 96.5 Å². The summed E-state index contributed by atoms with van der Waals surface area (Å²) >= 11 is 1.31. The number of halogens is 3. The third kappa shape index (κ3) is 5.42. The van der Waals surface area contributed by atoms with Crippen LogP contribution >= 0.6 is 11.3 Å². The smallest absolute Gasteiger partial charge is 0.402 e. The number of methoxy groups -OCH3 is 1. The lowest BCUT2D eigenvalue weighted by molar-refractivity contribution is -0.121. The number of para-hydroxylation sites is 1. The van der Waals surface area contributed by atoms with Gasteiger partial charge in [0.25, 0.3) is 5.91 Å². The highest BCUT2D eigenvalue weighted by molar-refractivity contribution is 7.90. The van der Waals surface area contributed by atoms with Gasteiger partial charge in [-0.2, -0.15) is 13.2 Å². The molecule has 12 heteroatoms. The largest absolute Gasteiger partial charge is 0.496 e. The van der Waals surface area contributed by atoms with Crippen molar-refractivity contribution in [1.29, 1.82) is 0 Å². The van der Waals surface area contributed by atoms with Gasteiger partial charge in [0.15, 0.2) is 5.37 Å². The highest BCUT2D eigenvalue weighted by atomic mass is 32.2. The molecule has 1 amide bonds. The fourth-order valence-electron chi connectivity index (χ4n) is 3.88. The van der Waals surface area contributed by atoms with E-state index in [4.69, 9.17) is 4.74 Å². The molecule has 1 saturated heterocycles. The number of piperidine rings is 1. The summed E-state index contributed by atoms with van der Waals surface area (Å²) in [6, 6.07) is 9.73. The lowest BCUT2D eigenvalue weighted by Crippen LogP contribution is -2.61. The van der Waals surface area contributed by atoms with Gasteiger partial charge < -0.3 is 15.4 Å². The molecule has 2 aromatic rings. The Labute approximate surface area is 188 Å². The number of alkyl halides is 3. The first-order chi connectivity index (χ1) is 15.1. The molecular weight excluding hydrogens is 467 g/mol. The Kier molecular flexibility index (Phi) is 7.48. The maximum Gasteiger partial charge on any atom is 0.402 e. The van der Waals surface area contributed by atoms with Crippen LogP contribution in [0, 0.1) is 0 Å². The van der Waals surface area contributed by atoms with Crippen LogP contribution in [-0.4, -0.2) is 52.6 Å². The number of ether oxygens (including phenoxy) is 1. The molecule has 32 heavy (non-hydrogen) atoms. The molecular formula is C20H24F3N3O4S2. The number of amides is 1. The van der Waals surface area contributed by atoms with E-state index in [0.29, 0.717) is 30.8 Å². The quantitative estimate of drug-likeness (QED) is 0.528. The fraction of sp³-hybridized carbons (Fsp3) is 0.450. The second-order valence-corrected chi connectivity index (χ2v) is 10.2. The molecule has 0 aliphatic carbocycles. The van der Waals surface area contributed by atoms with Crippen LogP contribution in [0.3, 0.4) is 0 Å². The number of hydrogen-bond acceptors (Lipinski definition) is 6. The Morgan fingerprint density at radius 2 is 1.91 bits per heavy atom. The molecule has 1 aliphatic rings. The van der Waals surface area contributed by atoms with Gasteiger partial charge >= 0.3 is 6.18 Å². The number of nitrogens with one attached hydrogen (secondary N) is 3. The third-order valence-corrected chi connectivity index (χ3v) is 8.23. The number of carbonyl (C=O) groups is 1. The van der Waals surface area contributed by atoms with Crippen LogP contribution in [0.1, 0.15) is 28.1 Å². The van der Waals surface area contributed by atoms with Gasteiger partial charge in [-0.25, -0.2) is 13.1 Å². The van der Waals surface area contributed by atoms with Crippen molar-refractivity contribution in [3.05, 3.63) is 52.2 Å². The standard InChI is InChI=1S/C20H24F3N3O4S2/c1-30-15-6-3-2-5-14(15)17(27)26-18(32(28,29)25-13-20(21,22)23)19(8-10-24-11-9-19)16-7-4-12-31-16/h2-7,12,18,24-25H,8-11,13H2,1H3,(H,26,27). The van der Waals surface area contributed by atoms with Crippen molar-refractivity contribution in [2.75, 3.05) is 26.7 Å². The maximum absolute atomic E-state index is 13.2. The molecule has 1 fully saturated rings. The van der Waals surface area contributed by atoms with Gasteiger partial charge in [-0.05, 0) is 49.5 Å². The zero-order valence-corrected chi connectivity index (χ0v) is 18.9. The van der Waals surface area contributed by atoms with E-state index in [2.05, 4.69) is 10.6 Å². The molecule has 1 aromatic heterocycles. The summed E-state index contributed by atoms with van der Waals surface area (Å²) < 4.78 is 71.8. The molecule has 3 N–H and O–H groups in total. The Morgan fingerprint density at radius 1 is 1.22 bits per heavy atom. The van der Waals surface area contributed by atoms with Crippen LogP contribution in [0.5, 0.6) is 5.75 Å². The van der Waals surface area contributed by atoms with Gasteiger partial charge in [-0.15, -0.1) is 11.3 Å². The van der Waals surface area contributed by atoms with Gasteiger partial charge in [0, 0.05) is 10.3 Å². The molecule has 0 radical (unpaired) electrons. The van der Waals surface area contributed by atoms with Crippen LogP contribution in [0.4, 0.5) is 13.2 Å². The fourth-order valence-corrected chi connectivity index (χ4v) is 6.72. The van der Waals surface area contributed by atoms with E-state index in [1.54, 1.807) is 40.4 Å². The molecule has 1 unspecified atom stereocenters. The molecule has 0 saturated carbocycles. The van der Waals surface area contributed by atoms with Crippen LogP contribution in [0.25, 0.3) is 0 Å². The Bertz CT molecular complexity index is 1020. The maximum atomic E-state index is 13.2. The number of thiophene rings is 1. The van der Waals surface area contributed by atoms with E-state index in [9.17, 15) is 26.4 Å². The Balaban J connectivity index is 2.05. The van der Waals surface area contributed by atoms with Crippen molar-refractivity contribution >= 4 is 27.3 Å². The predicted octanol–water partition coefficient (Wildman–Crippen LogP) is 2.62. The lowest BCUT2D eigenvalue weighted by atomic mass is 9.77. The number of benzene rings is 1. The van der Waals surface area contributed by atoms with E-state index < -0.39 is 39.4 Å². The molecule has 176 valence electrons. The first-order valence-electron chi connectivity index (χ1n) is 9.83. The SMILES string of the molecule is COc1ccccc1C(=O)NC(C1(c2cccs2)CCNCC1)S(=O)(=O)NCC(F)(F)F. The minimum atomic E-state index is -4.74. The van der Waals surface area contributed by atoms with Crippen LogP contribution in [0.15, 0.2) is 41.8 Å². The van der Waals surface area contributed by atoms with Crippen molar-refractivity contribution in [3.8, 4) is 5.75 Å². The normalized spacial score (nSPS) is 17.5. The lowest BCUT2D eigenvalue weighted by Gasteiger charge is -2.42. The zero-order valence-electron chi connectivity index (χ0n) is 17.2. The zero-order chi connectivity index (χ0) is 23.4. The molecule has 7 nitrogen and oxygen atoms in total. The van der Waals surface area contributed by atoms with E-state index >= 15 is 0 Å².